The van der Waals surface area contributed by atoms with Crippen LogP contribution in [-0.2, 0) is 12.0 Å². The number of aromatic nitrogens is 2. The number of hydrogen-bond donors (Lipinski definition) is 1. The van der Waals surface area contributed by atoms with Gasteiger partial charge in [0.2, 0.25) is 0 Å². The average Bonchev–Trinajstić information content (AvgIpc) is 2.56. The van der Waals surface area contributed by atoms with Crippen molar-refractivity contribution >= 4 is 34.3 Å². The summed E-state index contributed by atoms with van der Waals surface area (Å²) >= 11 is 7.23. The summed E-state index contributed by atoms with van der Waals surface area (Å²) in [4.78, 5) is 24.6. The molecule has 0 unspecified atom stereocenters. The molecule has 130 valence electrons. The van der Waals surface area contributed by atoms with E-state index in [1.54, 1.807) is 12.1 Å². The van der Waals surface area contributed by atoms with E-state index < -0.39 is 5.54 Å². The molecular formula is C17H16ClFN4OS. The summed E-state index contributed by atoms with van der Waals surface area (Å²) in [5.74, 6) is 0.177. The minimum atomic E-state index is -0.728. The Morgan fingerprint density at radius 1 is 1.44 bits per heavy atom. The maximum absolute atomic E-state index is 14.4. The van der Waals surface area contributed by atoms with E-state index in [9.17, 15) is 9.18 Å². The third-order valence-electron chi connectivity index (χ3n) is 4.06. The number of thioether (sulfide) groups is 1. The van der Waals surface area contributed by atoms with Crippen molar-refractivity contribution < 1.29 is 9.18 Å². The van der Waals surface area contributed by atoms with Crippen molar-refractivity contribution in [2.45, 2.75) is 25.3 Å². The maximum Gasteiger partial charge on any atom is 0.187 e. The number of amidine groups is 1. The summed E-state index contributed by atoms with van der Waals surface area (Å²) < 4.78 is 14.4. The van der Waals surface area contributed by atoms with E-state index in [1.807, 2.05) is 6.92 Å². The summed E-state index contributed by atoms with van der Waals surface area (Å²) in [5, 5.41) is 0.603. The monoisotopic (exact) mass is 378 g/mol. The van der Waals surface area contributed by atoms with Crippen LogP contribution in [0.3, 0.4) is 0 Å². The van der Waals surface area contributed by atoms with Gasteiger partial charge in [-0.25, -0.2) is 9.37 Å². The molecule has 8 heteroatoms. The largest absolute Gasteiger partial charge is 0.379 e. The highest BCUT2D eigenvalue weighted by Crippen LogP contribution is 2.36. The molecule has 2 N–H and O–H groups in total. The average molecular weight is 379 g/mol. The van der Waals surface area contributed by atoms with Crippen LogP contribution in [0.15, 0.2) is 35.6 Å². The molecule has 1 atom stereocenters. The Labute approximate surface area is 153 Å². The van der Waals surface area contributed by atoms with E-state index in [0.29, 0.717) is 22.7 Å². The molecule has 1 aromatic carbocycles. The Balaban J connectivity index is 1.89. The Bertz CT molecular complexity index is 860. The summed E-state index contributed by atoms with van der Waals surface area (Å²) in [7, 11) is 0. The lowest BCUT2D eigenvalue weighted by atomic mass is 9.87. The Morgan fingerprint density at radius 2 is 2.24 bits per heavy atom. The molecule has 5 nitrogen and oxygen atoms in total. The molecular weight excluding hydrogens is 363 g/mol. The number of hydrogen-bond acceptors (Lipinski definition) is 6. The van der Waals surface area contributed by atoms with Gasteiger partial charge >= 0.3 is 0 Å². The van der Waals surface area contributed by atoms with E-state index in [4.69, 9.17) is 17.3 Å². The van der Waals surface area contributed by atoms with E-state index in [-0.39, 0.29) is 28.9 Å². The van der Waals surface area contributed by atoms with Crippen molar-refractivity contribution in [2.24, 2.45) is 10.7 Å². The van der Waals surface area contributed by atoms with Crippen LogP contribution in [0, 0.1) is 5.82 Å². The van der Waals surface area contributed by atoms with Crippen LogP contribution in [-0.4, -0.2) is 26.7 Å². The summed E-state index contributed by atoms with van der Waals surface area (Å²) in [6.07, 6.45) is 3.47. The quantitative estimate of drug-likeness (QED) is 0.825. The highest BCUT2D eigenvalue weighted by Gasteiger charge is 2.32. The molecule has 0 spiro atoms. The zero-order valence-corrected chi connectivity index (χ0v) is 15.1. The molecule has 0 bridgehead atoms. The van der Waals surface area contributed by atoms with Gasteiger partial charge in [0.15, 0.2) is 11.0 Å². The number of carbonyl (C=O) groups excluding carboxylic acids is 1. The number of aliphatic imine (C=N–C) groups is 1. The molecule has 0 saturated carbocycles. The fourth-order valence-corrected chi connectivity index (χ4v) is 3.85. The van der Waals surface area contributed by atoms with Crippen molar-refractivity contribution in [3.05, 3.63) is 58.4 Å². The molecule has 1 aromatic heterocycles. The Hall–Kier alpha value is -1.99. The van der Waals surface area contributed by atoms with E-state index >= 15 is 0 Å². The SMILES string of the molecule is C[C@@]1(c2cc(CC(=O)c3cncc(Cl)n3)ccc2F)CCSC(N)=N1. The Kier molecular flexibility index (Phi) is 5.06. The molecule has 25 heavy (non-hydrogen) atoms. The number of rotatable bonds is 4. The normalized spacial score (nSPS) is 20.2. The molecule has 0 amide bonds. The van der Waals surface area contributed by atoms with Gasteiger partial charge in [-0.05, 0) is 31.0 Å². The van der Waals surface area contributed by atoms with Crippen molar-refractivity contribution in [2.75, 3.05) is 5.75 Å². The third kappa shape index (κ3) is 3.99. The first-order valence-corrected chi connectivity index (χ1v) is 9.01. The van der Waals surface area contributed by atoms with E-state index in [0.717, 1.165) is 5.75 Å². The summed E-state index contributed by atoms with van der Waals surface area (Å²) in [5.41, 5.74) is 6.39. The molecule has 1 aliphatic heterocycles. The van der Waals surface area contributed by atoms with Gasteiger partial charge in [0.25, 0.3) is 0 Å². The van der Waals surface area contributed by atoms with Crippen molar-refractivity contribution in [3.8, 4) is 0 Å². The van der Waals surface area contributed by atoms with Gasteiger partial charge in [-0.15, -0.1) is 0 Å². The van der Waals surface area contributed by atoms with Gasteiger partial charge in [0, 0.05) is 17.7 Å². The molecule has 0 saturated heterocycles. The molecule has 2 aromatic rings. The van der Waals surface area contributed by atoms with Crippen LogP contribution in [0.25, 0.3) is 0 Å². The highest BCUT2D eigenvalue weighted by molar-refractivity contribution is 8.13. The van der Waals surface area contributed by atoms with Crippen molar-refractivity contribution in [1.29, 1.82) is 0 Å². The minimum Gasteiger partial charge on any atom is -0.379 e. The minimum absolute atomic E-state index is 0.0757. The van der Waals surface area contributed by atoms with E-state index in [1.165, 1.54) is 30.2 Å². The lowest BCUT2D eigenvalue weighted by Gasteiger charge is -2.30. The zero-order valence-electron chi connectivity index (χ0n) is 13.5. The number of nitrogens with zero attached hydrogens (tertiary/aromatic N) is 3. The second kappa shape index (κ2) is 7.09. The fraction of sp³-hybridized carbons (Fsp3) is 0.294. The zero-order chi connectivity index (χ0) is 18.0. The van der Waals surface area contributed by atoms with Gasteiger partial charge in [0.1, 0.15) is 16.7 Å². The van der Waals surface area contributed by atoms with Crippen molar-refractivity contribution in [3.63, 3.8) is 0 Å². The number of carbonyl (C=O) groups is 1. The molecule has 2 heterocycles. The van der Waals surface area contributed by atoms with E-state index in [2.05, 4.69) is 15.0 Å². The predicted molar refractivity (Wildman–Crippen MR) is 97.5 cm³/mol. The second-order valence-electron chi connectivity index (χ2n) is 5.96. The van der Waals surface area contributed by atoms with Gasteiger partial charge in [-0.1, -0.05) is 29.4 Å². The number of ketones is 1. The molecule has 0 fully saturated rings. The lowest BCUT2D eigenvalue weighted by molar-refractivity contribution is 0.0987. The van der Waals surface area contributed by atoms with Crippen molar-refractivity contribution in [1.82, 2.24) is 9.97 Å². The van der Waals surface area contributed by atoms with Crippen LogP contribution in [0.4, 0.5) is 4.39 Å². The van der Waals surface area contributed by atoms with Crippen LogP contribution in [0.2, 0.25) is 5.15 Å². The van der Waals surface area contributed by atoms with Crippen LogP contribution in [0.5, 0.6) is 0 Å². The van der Waals surface area contributed by atoms with Gasteiger partial charge < -0.3 is 5.73 Å². The topological polar surface area (TPSA) is 81.2 Å². The highest BCUT2D eigenvalue weighted by atomic mass is 35.5. The maximum atomic E-state index is 14.4. The number of benzene rings is 1. The number of halogens is 2. The summed E-state index contributed by atoms with van der Waals surface area (Å²) in [6.45, 7) is 1.85. The Morgan fingerprint density at radius 3 is 2.96 bits per heavy atom. The first kappa shape index (κ1) is 17.8. The van der Waals surface area contributed by atoms with Gasteiger partial charge in [-0.3, -0.25) is 14.8 Å². The number of Topliss-reactive ketones (excluding diaryl/α,β-unsaturated/α-hetero) is 1. The predicted octanol–water partition coefficient (Wildman–Crippen LogP) is 3.36. The van der Waals surface area contributed by atoms with Gasteiger partial charge in [-0.2, -0.15) is 0 Å². The molecule has 0 radical (unpaired) electrons. The fourth-order valence-electron chi connectivity index (χ4n) is 2.73. The van der Waals surface area contributed by atoms with Gasteiger partial charge in [0.05, 0.1) is 17.9 Å². The second-order valence-corrected chi connectivity index (χ2v) is 7.47. The van der Waals surface area contributed by atoms with Crippen LogP contribution in [0.1, 0.15) is 35.0 Å². The first-order chi connectivity index (χ1) is 11.9. The van der Waals surface area contributed by atoms with Crippen LogP contribution >= 0.6 is 23.4 Å². The molecule has 3 rings (SSSR count). The summed E-state index contributed by atoms with van der Waals surface area (Å²) in [6, 6.07) is 4.63. The standard InChI is InChI=1S/C17H16ClFN4OS/c1-17(4-5-25-16(20)23-17)11-6-10(2-3-12(11)19)7-14(24)13-8-21-9-15(18)22-13/h2-3,6,8-9H,4-5,7H2,1H3,(H2,20,23)/t17-/m0/s1. The smallest absolute Gasteiger partial charge is 0.187 e. The lowest BCUT2D eigenvalue weighted by Crippen LogP contribution is -2.29. The molecule has 1 aliphatic rings. The van der Waals surface area contributed by atoms with Crippen LogP contribution < -0.4 is 5.73 Å². The third-order valence-corrected chi connectivity index (χ3v) is 5.04. The number of nitrogens with two attached hydrogens (primary N) is 1. The molecule has 0 aliphatic carbocycles. The first-order valence-electron chi connectivity index (χ1n) is 7.65.